The van der Waals surface area contributed by atoms with Crippen LogP contribution in [0.25, 0.3) is 5.69 Å². The van der Waals surface area contributed by atoms with Gasteiger partial charge in [0.15, 0.2) is 5.96 Å². The van der Waals surface area contributed by atoms with E-state index >= 15 is 0 Å². The first kappa shape index (κ1) is 20.5. The SMILES string of the molecule is CN=C(NCCNC(=O)C(C)(C)C)NCCc1ccc(-n2cccn2)cc1. The Bertz CT molecular complexity index is 729. The van der Waals surface area contributed by atoms with E-state index in [0.29, 0.717) is 13.1 Å². The zero-order chi connectivity index (χ0) is 19.7. The molecule has 0 atom stereocenters. The summed E-state index contributed by atoms with van der Waals surface area (Å²) in [6, 6.07) is 10.2. The Morgan fingerprint density at radius 2 is 1.74 bits per heavy atom. The number of carbonyl (C=O) groups excluding carboxylic acids is 1. The summed E-state index contributed by atoms with van der Waals surface area (Å²) >= 11 is 0. The van der Waals surface area contributed by atoms with Crippen molar-refractivity contribution in [1.29, 1.82) is 0 Å². The molecular formula is C20H30N6O. The molecule has 1 heterocycles. The molecular weight excluding hydrogens is 340 g/mol. The number of aliphatic imine (C=N–C) groups is 1. The quantitative estimate of drug-likeness (QED) is 0.394. The summed E-state index contributed by atoms with van der Waals surface area (Å²) in [4.78, 5) is 16.0. The first-order valence-electron chi connectivity index (χ1n) is 9.22. The fourth-order valence-corrected chi connectivity index (χ4v) is 2.40. The molecule has 2 aromatic rings. The minimum absolute atomic E-state index is 0.0470. The van der Waals surface area contributed by atoms with Crippen molar-refractivity contribution in [2.75, 3.05) is 26.7 Å². The highest BCUT2D eigenvalue weighted by molar-refractivity contribution is 5.81. The third-order valence-electron chi connectivity index (χ3n) is 4.02. The average Bonchev–Trinajstić information content (AvgIpc) is 3.18. The van der Waals surface area contributed by atoms with Crippen LogP contribution in [-0.2, 0) is 11.2 Å². The molecule has 0 fully saturated rings. The van der Waals surface area contributed by atoms with Gasteiger partial charge in [-0.1, -0.05) is 32.9 Å². The Hall–Kier alpha value is -2.83. The second kappa shape index (κ2) is 9.75. The summed E-state index contributed by atoms with van der Waals surface area (Å²) < 4.78 is 1.84. The number of carbonyl (C=O) groups is 1. The summed E-state index contributed by atoms with van der Waals surface area (Å²) in [7, 11) is 1.74. The fourth-order valence-electron chi connectivity index (χ4n) is 2.40. The molecule has 7 nitrogen and oxygen atoms in total. The number of nitrogens with zero attached hydrogens (tertiary/aromatic N) is 3. The number of aromatic nitrogens is 2. The van der Waals surface area contributed by atoms with Crippen LogP contribution in [0.2, 0.25) is 0 Å². The number of guanidine groups is 1. The maximum atomic E-state index is 11.8. The predicted octanol–water partition coefficient (Wildman–Crippen LogP) is 1.74. The molecule has 1 amide bonds. The number of hydrogen-bond donors (Lipinski definition) is 3. The van der Waals surface area contributed by atoms with Crippen molar-refractivity contribution in [3.05, 3.63) is 48.3 Å². The monoisotopic (exact) mass is 370 g/mol. The fraction of sp³-hybridized carbons (Fsp3) is 0.450. The van der Waals surface area contributed by atoms with Gasteiger partial charge in [-0.3, -0.25) is 9.79 Å². The molecule has 3 N–H and O–H groups in total. The molecule has 146 valence electrons. The van der Waals surface area contributed by atoms with Crippen molar-refractivity contribution in [2.45, 2.75) is 27.2 Å². The molecule has 0 saturated heterocycles. The predicted molar refractivity (Wildman–Crippen MR) is 109 cm³/mol. The van der Waals surface area contributed by atoms with Gasteiger partial charge in [-0.15, -0.1) is 0 Å². The van der Waals surface area contributed by atoms with E-state index < -0.39 is 0 Å². The zero-order valence-corrected chi connectivity index (χ0v) is 16.6. The van der Waals surface area contributed by atoms with Crippen LogP contribution in [0.5, 0.6) is 0 Å². The summed E-state index contributed by atoms with van der Waals surface area (Å²) in [6.07, 6.45) is 4.59. The van der Waals surface area contributed by atoms with E-state index in [1.807, 2.05) is 37.7 Å². The summed E-state index contributed by atoms with van der Waals surface area (Å²) in [5, 5.41) is 13.6. The second-order valence-corrected chi connectivity index (χ2v) is 7.30. The second-order valence-electron chi connectivity index (χ2n) is 7.30. The maximum absolute atomic E-state index is 11.8. The Morgan fingerprint density at radius 3 is 2.33 bits per heavy atom. The number of benzene rings is 1. The molecule has 0 radical (unpaired) electrons. The van der Waals surface area contributed by atoms with Gasteiger partial charge < -0.3 is 16.0 Å². The third kappa shape index (κ3) is 6.77. The van der Waals surface area contributed by atoms with Crippen LogP contribution in [0.1, 0.15) is 26.3 Å². The van der Waals surface area contributed by atoms with Crippen LogP contribution in [0.3, 0.4) is 0 Å². The van der Waals surface area contributed by atoms with Crippen molar-refractivity contribution < 1.29 is 4.79 Å². The van der Waals surface area contributed by atoms with Gasteiger partial charge in [-0.2, -0.15) is 5.10 Å². The van der Waals surface area contributed by atoms with Crippen LogP contribution in [0.15, 0.2) is 47.7 Å². The molecule has 0 spiro atoms. The zero-order valence-electron chi connectivity index (χ0n) is 16.6. The minimum Gasteiger partial charge on any atom is -0.356 e. The lowest BCUT2D eigenvalue weighted by Crippen LogP contribution is -2.43. The van der Waals surface area contributed by atoms with Crippen molar-refractivity contribution in [3.8, 4) is 5.69 Å². The normalized spacial score (nSPS) is 11.9. The van der Waals surface area contributed by atoms with Crippen molar-refractivity contribution in [3.63, 3.8) is 0 Å². The summed E-state index contributed by atoms with van der Waals surface area (Å²) in [5.41, 5.74) is 1.92. The van der Waals surface area contributed by atoms with E-state index in [4.69, 9.17) is 0 Å². The molecule has 27 heavy (non-hydrogen) atoms. The van der Waals surface area contributed by atoms with Gasteiger partial charge in [-0.25, -0.2) is 4.68 Å². The smallest absolute Gasteiger partial charge is 0.225 e. The number of rotatable bonds is 7. The standard InChI is InChI=1S/C20H30N6O/c1-20(2,3)18(27)22-13-14-24-19(21-4)23-12-10-16-6-8-17(9-7-16)26-15-5-11-25-26/h5-9,11,15H,10,12-14H2,1-4H3,(H,22,27)(H2,21,23,24). The molecule has 1 aromatic carbocycles. The molecule has 0 aliphatic rings. The Labute approximate surface area is 161 Å². The van der Waals surface area contributed by atoms with Gasteiger partial charge >= 0.3 is 0 Å². The summed E-state index contributed by atoms with van der Waals surface area (Å²) in [6.45, 7) is 7.66. The first-order valence-corrected chi connectivity index (χ1v) is 9.22. The summed E-state index contributed by atoms with van der Waals surface area (Å²) in [5.74, 6) is 0.777. The van der Waals surface area contributed by atoms with Gasteiger partial charge in [0.1, 0.15) is 0 Å². The number of amides is 1. The van der Waals surface area contributed by atoms with Gasteiger partial charge in [0.2, 0.25) is 5.91 Å². The van der Waals surface area contributed by atoms with E-state index in [-0.39, 0.29) is 11.3 Å². The highest BCUT2D eigenvalue weighted by atomic mass is 16.2. The Morgan fingerprint density at radius 1 is 1.07 bits per heavy atom. The van der Waals surface area contributed by atoms with Crippen molar-refractivity contribution in [1.82, 2.24) is 25.7 Å². The molecule has 0 saturated carbocycles. The van der Waals surface area contributed by atoms with Gasteiger partial charge in [0, 0.05) is 44.5 Å². The van der Waals surface area contributed by atoms with E-state index in [2.05, 4.69) is 50.3 Å². The van der Waals surface area contributed by atoms with Gasteiger partial charge in [0.25, 0.3) is 0 Å². The highest BCUT2D eigenvalue weighted by Crippen LogP contribution is 2.11. The van der Waals surface area contributed by atoms with E-state index in [0.717, 1.165) is 24.6 Å². The lowest BCUT2D eigenvalue weighted by molar-refractivity contribution is -0.128. The largest absolute Gasteiger partial charge is 0.356 e. The minimum atomic E-state index is -0.368. The molecule has 0 aliphatic heterocycles. The average molecular weight is 371 g/mol. The molecule has 0 unspecified atom stereocenters. The lowest BCUT2D eigenvalue weighted by Gasteiger charge is -2.18. The van der Waals surface area contributed by atoms with Crippen molar-refractivity contribution in [2.24, 2.45) is 10.4 Å². The number of hydrogen-bond acceptors (Lipinski definition) is 3. The molecule has 0 bridgehead atoms. The van der Waals surface area contributed by atoms with Crippen LogP contribution >= 0.6 is 0 Å². The van der Waals surface area contributed by atoms with E-state index in [9.17, 15) is 4.79 Å². The van der Waals surface area contributed by atoms with Crippen LogP contribution in [0.4, 0.5) is 0 Å². The van der Waals surface area contributed by atoms with Gasteiger partial charge in [0.05, 0.1) is 5.69 Å². The molecule has 7 heteroatoms. The van der Waals surface area contributed by atoms with Gasteiger partial charge in [-0.05, 0) is 30.2 Å². The van der Waals surface area contributed by atoms with E-state index in [1.54, 1.807) is 13.2 Å². The maximum Gasteiger partial charge on any atom is 0.225 e. The van der Waals surface area contributed by atoms with Crippen LogP contribution < -0.4 is 16.0 Å². The Balaban J connectivity index is 1.68. The first-order chi connectivity index (χ1) is 12.9. The number of nitrogens with one attached hydrogen (secondary N) is 3. The molecule has 1 aromatic heterocycles. The highest BCUT2D eigenvalue weighted by Gasteiger charge is 2.20. The van der Waals surface area contributed by atoms with Crippen LogP contribution in [-0.4, -0.2) is 48.3 Å². The molecule has 2 rings (SSSR count). The molecule has 0 aliphatic carbocycles. The lowest BCUT2D eigenvalue weighted by atomic mass is 9.96. The van der Waals surface area contributed by atoms with Crippen LogP contribution in [0, 0.1) is 5.41 Å². The van der Waals surface area contributed by atoms with Crippen molar-refractivity contribution >= 4 is 11.9 Å². The topological polar surface area (TPSA) is 83.3 Å². The third-order valence-corrected chi connectivity index (χ3v) is 4.02. The van der Waals surface area contributed by atoms with E-state index in [1.165, 1.54) is 5.56 Å². The Kier molecular flexibility index (Phi) is 7.40.